The lowest BCUT2D eigenvalue weighted by atomic mass is 10.1. The molecule has 1 aliphatic heterocycles. The molecule has 0 amide bonds. The average Bonchev–Trinajstić information content (AvgIpc) is 2.67. The summed E-state index contributed by atoms with van der Waals surface area (Å²) in [5, 5.41) is 0. The van der Waals surface area contributed by atoms with Crippen molar-refractivity contribution in [2.75, 3.05) is 13.1 Å². The van der Waals surface area contributed by atoms with Crippen molar-refractivity contribution in [2.24, 2.45) is 0 Å². The molecule has 148 valence electrons. The summed E-state index contributed by atoms with van der Waals surface area (Å²) >= 11 is 0. The minimum atomic E-state index is -4.35. The van der Waals surface area contributed by atoms with Gasteiger partial charge in [0.15, 0.2) is 6.23 Å². The van der Waals surface area contributed by atoms with Gasteiger partial charge in [-0.05, 0) is 67.8 Å². The van der Waals surface area contributed by atoms with E-state index in [0.29, 0.717) is 18.7 Å². The molecule has 1 heterocycles. The Hall–Kier alpha value is -2.52. The van der Waals surface area contributed by atoms with Gasteiger partial charge in [0.25, 0.3) is 0 Å². The summed E-state index contributed by atoms with van der Waals surface area (Å²) < 4.78 is 56.9. The number of alkyl halides is 3. The van der Waals surface area contributed by atoms with E-state index in [1.54, 1.807) is 12.1 Å². The molecule has 6 heteroatoms. The van der Waals surface area contributed by atoms with Crippen LogP contribution < -0.4 is 4.74 Å². The number of nitrogens with zero attached hydrogens (tertiary/aromatic N) is 1. The maximum atomic E-state index is 12.9. The van der Waals surface area contributed by atoms with Crippen LogP contribution in [0.3, 0.4) is 0 Å². The number of hydrogen-bond acceptors (Lipinski definition) is 2. The molecule has 0 aliphatic carbocycles. The number of benzene rings is 2. The van der Waals surface area contributed by atoms with Gasteiger partial charge in [-0.2, -0.15) is 13.2 Å². The summed E-state index contributed by atoms with van der Waals surface area (Å²) in [4.78, 5) is 2.17. The fourth-order valence-corrected chi connectivity index (χ4v) is 3.13. The van der Waals surface area contributed by atoms with Crippen molar-refractivity contribution >= 4 is 0 Å². The monoisotopic (exact) mass is 391 g/mol. The molecule has 0 N–H and O–H groups in total. The topological polar surface area (TPSA) is 12.5 Å². The summed E-state index contributed by atoms with van der Waals surface area (Å²) in [5.74, 6) is 6.23. The van der Waals surface area contributed by atoms with E-state index in [9.17, 15) is 17.6 Å². The second-order valence-electron chi connectivity index (χ2n) is 6.69. The van der Waals surface area contributed by atoms with E-state index >= 15 is 0 Å². The minimum absolute atomic E-state index is 0.168. The van der Waals surface area contributed by atoms with Crippen LogP contribution in [0.4, 0.5) is 17.6 Å². The van der Waals surface area contributed by atoms with Gasteiger partial charge >= 0.3 is 6.18 Å². The smallest absolute Gasteiger partial charge is 0.416 e. The Labute approximate surface area is 162 Å². The summed E-state index contributed by atoms with van der Waals surface area (Å²) in [7, 11) is 0. The van der Waals surface area contributed by atoms with Gasteiger partial charge in [-0.3, -0.25) is 4.90 Å². The van der Waals surface area contributed by atoms with E-state index < -0.39 is 11.7 Å². The third-order valence-electron chi connectivity index (χ3n) is 4.61. The Bertz CT molecular complexity index is 819. The number of piperidine rings is 1. The van der Waals surface area contributed by atoms with Crippen LogP contribution in [0.2, 0.25) is 0 Å². The van der Waals surface area contributed by atoms with Crippen molar-refractivity contribution in [2.45, 2.75) is 38.1 Å². The molecule has 0 aromatic heterocycles. The van der Waals surface area contributed by atoms with Gasteiger partial charge in [0.2, 0.25) is 0 Å². The van der Waals surface area contributed by atoms with Crippen LogP contribution in [-0.4, -0.2) is 24.2 Å². The molecular weight excluding hydrogens is 370 g/mol. The Kier molecular flexibility index (Phi) is 6.58. The molecule has 0 radical (unpaired) electrons. The van der Waals surface area contributed by atoms with Crippen molar-refractivity contribution in [3.05, 3.63) is 65.5 Å². The van der Waals surface area contributed by atoms with Crippen molar-refractivity contribution < 1.29 is 22.3 Å². The van der Waals surface area contributed by atoms with Crippen LogP contribution in [-0.2, 0) is 6.18 Å². The number of likely N-dealkylation sites (tertiary alicyclic amines) is 1. The van der Waals surface area contributed by atoms with Crippen LogP contribution in [0.25, 0.3) is 0 Å². The lowest BCUT2D eigenvalue weighted by molar-refractivity contribution is -0.137. The van der Waals surface area contributed by atoms with E-state index in [2.05, 4.69) is 16.7 Å². The van der Waals surface area contributed by atoms with E-state index in [1.807, 2.05) is 0 Å². The van der Waals surface area contributed by atoms with Crippen molar-refractivity contribution in [3.8, 4) is 17.6 Å². The lowest BCUT2D eigenvalue weighted by Crippen LogP contribution is -2.43. The Morgan fingerprint density at radius 1 is 1.00 bits per heavy atom. The van der Waals surface area contributed by atoms with E-state index in [-0.39, 0.29) is 12.0 Å². The number of rotatable bonds is 4. The molecule has 2 aromatic carbocycles. The Balaban J connectivity index is 1.56. The zero-order valence-corrected chi connectivity index (χ0v) is 15.3. The number of ether oxygens (including phenoxy) is 1. The van der Waals surface area contributed by atoms with E-state index in [0.717, 1.165) is 43.5 Å². The zero-order chi connectivity index (χ0) is 20.0. The first kappa shape index (κ1) is 20.2. The van der Waals surface area contributed by atoms with Crippen LogP contribution in [0.15, 0.2) is 48.5 Å². The molecule has 0 saturated carbocycles. The Morgan fingerprint density at radius 3 is 2.39 bits per heavy atom. The predicted molar refractivity (Wildman–Crippen MR) is 99.2 cm³/mol. The third kappa shape index (κ3) is 5.74. The second-order valence-corrected chi connectivity index (χ2v) is 6.69. The second kappa shape index (κ2) is 9.11. The van der Waals surface area contributed by atoms with Crippen molar-refractivity contribution in [1.29, 1.82) is 0 Å². The third-order valence-corrected chi connectivity index (χ3v) is 4.61. The molecule has 2 aromatic rings. The normalized spacial score (nSPS) is 17.6. The van der Waals surface area contributed by atoms with Crippen LogP contribution in [0.5, 0.6) is 5.75 Å². The fraction of sp³-hybridized carbons (Fsp3) is 0.364. The highest BCUT2D eigenvalue weighted by Crippen LogP contribution is 2.31. The SMILES string of the molecule is Fc1ccc(C#CCCN2CCCCC2Oc2ccc(C(F)(F)F)cc2)cc1. The first-order chi connectivity index (χ1) is 13.4. The van der Waals surface area contributed by atoms with Crippen LogP contribution >= 0.6 is 0 Å². The Morgan fingerprint density at radius 2 is 1.71 bits per heavy atom. The molecule has 2 nitrogen and oxygen atoms in total. The number of hydrogen-bond donors (Lipinski definition) is 0. The fourth-order valence-electron chi connectivity index (χ4n) is 3.13. The molecule has 1 unspecified atom stereocenters. The minimum Gasteiger partial charge on any atom is -0.475 e. The van der Waals surface area contributed by atoms with Crippen LogP contribution in [0, 0.1) is 17.7 Å². The van der Waals surface area contributed by atoms with E-state index in [4.69, 9.17) is 4.74 Å². The van der Waals surface area contributed by atoms with Crippen molar-refractivity contribution in [3.63, 3.8) is 0 Å². The van der Waals surface area contributed by atoms with Gasteiger partial charge in [-0.15, -0.1) is 0 Å². The first-order valence-electron chi connectivity index (χ1n) is 9.24. The van der Waals surface area contributed by atoms with Gasteiger partial charge in [0.1, 0.15) is 11.6 Å². The molecule has 1 saturated heterocycles. The van der Waals surface area contributed by atoms with Crippen LogP contribution in [0.1, 0.15) is 36.8 Å². The van der Waals surface area contributed by atoms with E-state index in [1.165, 1.54) is 24.3 Å². The van der Waals surface area contributed by atoms with Crippen molar-refractivity contribution in [1.82, 2.24) is 4.90 Å². The quantitative estimate of drug-likeness (QED) is 0.506. The molecule has 28 heavy (non-hydrogen) atoms. The molecular formula is C22H21F4NO. The highest BCUT2D eigenvalue weighted by Gasteiger charge is 2.30. The largest absolute Gasteiger partial charge is 0.475 e. The molecule has 0 bridgehead atoms. The molecule has 1 atom stereocenters. The molecule has 1 aliphatic rings. The average molecular weight is 391 g/mol. The highest BCUT2D eigenvalue weighted by atomic mass is 19.4. The van der Waals surface area contributed by atoms with Gasteiger partial charge in [-0.1, -0.05) is 11.8 Å². The highest BCUT2D eigenvalue weighted by molar-refractivity contribution is 5.34. The number of halogens is 4. The molecule has 1 fully saturated rings. The summed E-state index contributed by atoms with van der Waals surface area (Å²) in [6, 6.07) is 10.8. The van der Waals surface area contributed by atoms with Gasteiger partial charge < -0.3 is 4.74 Å². The summed E-state index contributed by atoms with van der Waals surface area (Å²) in [6.45, 7) is 1.57. The molecule has 0 spiro atoms. The maximum absolute atomic E-state index is 12.9. The lowest BCUT2D eigenvalue weighted by Gasteiger charge is -2.35. The maximum Gasteiger partial charge on any atom is 0.416 e. The summed E-state index contributed by atoms with van der Waals surface area (Å²) in [5.41, 5.74) is 0.0778. The predicted octanol–water partition coefficient (Wildman–Crippen LogP) is 5.48. The van der Waals surface area contributed by atoms with Gasteiger partial charge in [0.05, 0.1) is 5.56 Å². The summed E-state index contributed by atoms with van der Waals surface area (Å²) in [6.07, 6.45) is -0.991. The zero-order valence-electron chi connectivity index (χ0n) is 15.3. The standard InChI is InChI=1S/C22H21F4NO/c23-19-11-7-17(8-12-19)5-1-3-15-27-16-4-2-6-21(27)28-20-13-9-18(10-14-20)22(24,25)26/h7-14,21H,2-4,6,15-16H2. The molecule has 3 rings (SSSR count). The van der Waals surface area contributed by atoms with Gasteiger partial charge in [-0.25, -0.2) is 4.39 Å². The van der Waals surface area contributed by atoms with Gasteiger partial charge in [0, 0.05) is 25.1 Å². The first-order valence-corrected chi connectivity index (χ1v) is 9.24.